The molecule has 0 bridgehead atoms. The van der Waals surface area contributed by atoms with Crippen molar-refractivity contribution < 1.29 is 0 Å². The number of hydrogen-bond acceptors (Lipinski definition) is 1. The third-order valence-electron chi connectivity index (χ3n) is 7.50. The summed E-state index contributed by atoms with van der Waals surface area (Å²) in [6, 6.07) is 44.4. The van der Waals surface area contributed by atoms with E-state index < -0.39 is 0 Å². The van der Waals surface area contributed by atoms with E-state index in [1.807, 2.05) is 0 Å². The van der Waals surface area contributed by atoms with E-state index >= 15 is 0 Å². The van der Waals surface area contributed by atoms with Gasteiger partial charge in [0, 0.05) is 24.0 Å². The Morgan fingerprint density at radius 1 is 0.455 bits per heavy atom. The van der Waals surface area contributed by atoms with Crippen LogP contribution >= 0.6 is 0 Å². The Bertz CT molecular complexity index is 1480. The van der Waals surface area contributed by atoms with Crippen molar-refractivity contribution in [2.75, 3.05) is 11.9 Å². The number of nitrogens with zero attached hydrogens (tertiary/aromatic N) is 1. The molecule has 7 rings (SSSR count). The van der Waals surface area contributed by atoms with E-state index in [-0.39, 0.29) is 5.41 Å². The van der Waals surface area contributed by atoms with Crippen LogP contribution in [0.5, 0.6) is 0 Å². The summed E-state index contributed by atoms with van der Waals surface area (Å²) in [6.45, 7) is 0. The molecule has 0 atom stereocenters. The maximum Gasteiger partial charge on any atom is 0.0726 e. The molecular weight excluding hydrogens is 398 g/mol. The zero-order chi connectivity index (χ0) is 22.0. The molecule has 5 aromatic rings. The van der Waals surface area contributed by atoms with E-state index in [2.05, 4.69) is 133 Å². The smallest absolute Gasteiger partial charge is 0.0726 e. The lowest BCUT2D eigenvalue weighted by Gasteiger charge is -2.31. The van der Waals surface area contributed by atoms with Gasteiger partial charge in [-0.15, -0.1) is 0 Å². The van der Waals surface area contributed by atoms with Crippen molar-refractivity contribution in [3.05, 3.63) is 144 Å². The van der Waals surface area contributed by atoms with Crippen LogP contribution in [0.25, 0.3) is 22.3 Å². The first kappa shape index (κ1) is 18.5. The van der Waals surface area contributed by atoms with E-state index in [0.29, 0.717) is 0 Å². The predicted octanol–water partition coefficient (Wildman–Crippen LogP) is 7.80. The first-order valence-corrected chi connectivity index (χ1v) is 11.5. The minimum Gasteiger partial charge on any atom is -0.344 e. The standard InChI is InChI=1S/C32H23N/c1-33(22-12-3-2-4-13-22)30-21-11-20-29-31(30)25-16-7-10-19-28(25)32(29)26-17-8-5-14-23(26)24-15-6-9-18-27(24)32/h2-21H,1H3. The first-order valence-electron chi connectivity index (χ1n) is 11.5. The summed E-state index contributed by atoms with van der Waals surface area (Å²) < 4.78 is 0. The predicted molar refractivity (Wildman–Crippen MR) is 137 cm³/mol. The van der Waals surface area contributed by atoms with Crippen LogP contribution in [0.2, 0.25) is 0 Å². The summed E-state index contributed by atoms with van der Waals surface area (Å²) in [6.07, 6.45) is 0. The van der Waals surface area contributed by atoms with E-state index in [4.69, 9.17) is 0 Å². The summed E-state index contributed by atoms with van der Waals surface area (Å²) in [4.78, 5) is 2.32. The summed E-state index contributed by atoms with van der Waals surface area (Å²) in [5.74, 6) is 0. The second kappa shape index (κ2) is 6.70. The van der Waals surface area contributed by atoms with Gasteiger partial charge in [-0.2, -0.15) is 0 Å². The highest BCUT2D eigenvalue weighted by atomic mass is 15.1. The quantitative estimate of drug-likeness (QED) is 0.275. The lowest BCUT2D eigenvalue weighted by molar-refractivity contribution is 0.793. The summed E-state index contributed by atoms with van der Waals surface area (Å²) >= 11 is 0. The number of anilines is 2. The van der Waals surface area contributed by atoms with Gasteiger partial charge >= 0.3 is 0 Å². The van der Waals surface area contributed by atoms with Gasteiger partial charge in [-0.1, -0.05) is 103 Å². The van der Waals surface area contributed by atoms with E-state index in [0.717, 1.165) is 0 Å². The van der Waals surface area contributed by atoms with Crippen molar-refractivity contribution in [1.29, 1.82) is 0 Å². The van der Waals surface area contributed by atoms with E-state index in [9.17, 15) is 0 Å². The van der Waals surface area contributed by atoms with Crippen LogP contribution in [0.4, 0.5) is 11.4 Å². The Balaban J connectivity index is 1.61. The molecule has 1 spiro atoms. The Kier molecular flexibility index (Phi) is 3.75. The molecule has 156 valence electrons. The van der Waals surface area contributed by atoms with Crippen LogP contribution in [0.15, 0.2) is 121 Å². The number of fused-ring (bicyclic) bond motifs is 10. The van der Waals surface area contributed by atoms with E-state index in [1.165, 1.54) is 55.9 Å². The SMILES string of the molecule is CN(c1ccccc1)c1cccc2c1-c1ccccc1C21c2ccccc2-c2ccccc21. The highest BCUT2D eigenvalue weighted by molar-refractivity contribution is 5.99. The average molecular weight is 422 g/mol. The molecule has 0 saturated heterocycles. The van der Waals surface area contributed by atoms with Gasteiger partial charge in [0.05, 0.1) is 5.41 Å². The van der Waals surface area contributed by atoms with Crippen LogP contribution in [0.3, 0.4) is 0 Å². The molecule has 0 aromatic heterocycles. The zero-order valence-electron chi connectivity index (χ0n) is 18.5. The molecule has 2 aliphatic rings. The molecule has 5 aromatic carbocycles. The second-order valence-corrected chi connectivity index (χ2v) is 8.98. The molecule has 0 heterocycles. The van der Waals surface area contributed by atoms with Crippen LogP contribution in [-0.2, 0) is 5.41 Å². The highest BCUT2D eigenvalue weighted by Gasteiger charge is 2.52. The normalized spacial score (nSPS) is 13.8. The topological polar surface area (TPSA) is 3.24 Å². The van der Waals surface area contributed by atoms with Gasteiger partial charge in [0.25, 0.3) is 0 Å². The summed E-state index contributed by atoms with van der Waals surface area (Å²) in [5.41, 5.74) is 13.0. The van der Waals surface area contributed by atoms with Crippen molar-refractivity contribution >= 4 is 11.4 Å². The van der Waals surface area contributed by atoms with E-state index in [1.54, 1.807) is 0 Å². The summed E-state index contributed by atoms with van der Waals surface area (Å²) in [5, 5.41) is 0. The molecule has 33 heavy (non-hydrogen) atoms. The minimum atomic E-state index is -0.285. The fraction of sp³-hybridized carbons (Fsp3) is 0.0625. The fourth-order valence-corrected chi connectivity index (χ4v) is 6.19. The first-order chi connectivity index (χ1) is 16.3. The number of rotatable bonds is 2. The van der Waals surface area contributed by atoms with Gasteiger partial charge in [-0.05, 0) is 57.1 Å². The Labute approximate surface area is 194 Å². The number of para-hydroxylation sites is 1. The maximum absolute atomic E-state index is 2.34. The molecule has 0 unspecified atom stereocenters. The van der Waals surface area contributed by atoms with Crippen LogP contribution in [0.1, 0.15) is 22.3 Å². The third-order valence-corrected chi connectivity index (χ3v) is 7.50. The van der Waals surface area contributed by atoms with Crippen molar-refractivity contribution in [3.63, 3.8) is 0 Å². The zero-order valence-corrected chi connectivity index (χ0v) is 18.5. The molecule has 0 saturated carbocycles. The molecule has 0 radical (unpaired) electrons. The lowest BCUT2D eigenvalue weighted by Crippen LogP contribution is -2.26. The van der Waals surface area contributed by atoms with Gasteiger partial charge < -0.3 is 4.90 Å². The average Bonchev–Trinajstić information content (AvgIpc) is 3.36. The molecule has 0 amide bonds. The van der Waals surface area contributed by atoms with Gasteiger partial charge in [-0.3, -0.25) is 0 Å². The fourth-order valence-electron chi connectivity index (χ4n) is 6.19. The summed E-state index contributed by atoms with van der Waals surface area (Å²) in [7, 11) is 2.18. The van der Waals surface area contributed by atoms with Crippen LogP contribution in [0, 0.1) is 0 Å². The largest absolute Gasteiger partial charge is 0.344 e. The van der Waals surface area contributed by atoms with Gasteiger partial charge in [0.2, 0.25) is 0 Å². The molecule has 1 heteroatoms. The number of benzene rings is 5. The Morgan fingerprint density at radius 3 is 1.58 bits per heavy atom. The Morgan fingerprint density at radius 2 is 0.939 bits per heavy atom. The molecule has 0 N–H and O–H groups in total. The lowest BCUT2D eigenvalue weighted by atomic mass is 9.70. The second-order valence-electron chi connectivity index (χ2n) is 8.98. The van der Waals surface area contributed by atoms with Crippen LogP contribution in [-0.4, -0.2) is 7.05 Å². The molecular formula is C32H23N. The van der Waals surface area contributed by atoms with Crippen LogP contribution < -0.4 is 4.90 Å². The van der Waals surface area contributed by atoms with Crippen molar-refractivity contribution in [2.45, 2.75) is 5.41 Å². The van der Waals surface area contributed by atoms with Crippen molar-refractivity contribution in [2.24, 2.45) is 0 Å². The number of hydrogen-bond donors (Lipinski definition) is 0. The van der Waals surface area contributed by atoms with Gasteiger partial charge in [0.15, 0.2) is 0 Å². The van der Waals surface area contributed by atoms with Crippen molar-refractivity contribution in [1.82, 2.24) is 0 Å². The monoisotopic (exact) mass is 421 g/mol. The molecule has 2 aliphatic carbocycles. The molecule has 0 fully saturated rings. The Hall–Kier alpha value is -4.10. The molecule has 1 nitrogen and oxygen atoms in total. The van der Waals surface area contributed by atoms with Crippen molar-refractivity contribution in [3.8, 4) is 22.3 Å². The van der Waals surface area contributed by atoms with Gasteiger partial charge in [-0.25, -0.2) is 0 Å². The highest BCUT2D eigenvalue weighted by Crippen LogP contribution is 2.64. The van der Waals surface area contributed by atoms with Gasteiger partial charge in [0.1, 0.15) is 0 Å². The minimum absolute atomic E-state index is 0.285. The third kappa shape index (κ3) is 2.27. The molecule has 0 aliphatic heterocycles. The maximum atomic E-state index is 2.34.